The molecular weight excluding hydrogens is 362 g/mol. The average molecular weight is 383 g/mol. The number of aromatic nitrogens is 3. The van der Waals surface area contributed by atoms with Gasteiger partial charge in [-0.15, -0.1) is 0 Å². The maximum Gasteiger partial charge on any atom is 0.180 e. The molecule has 0 spiro atoms. The van der Waals surface area contributed by atoms with Crippen LogP contribution in [0.2, 0.25) is 0 Å². The summed E-state index contributed by atoms with van der Waals surface area (Å²) in [6.07, 6.45) is 7.58. The van der Waals surface area contributed by atoms with Gasteiger partial charge in [-0.05, 0) is 48.7 Å². The van der Waals surface area contributed by atoms with Crippen LogP contribution in [0.25, 0.3) is 16.9 Å². The fraction of sp³-hybridized carbons (Fsp3) is 0.174. The molecular formula is C23H21N5O. The van der Waals surface area contributed by atoms with Crippen LogP contribution in [0, 0.1) is 0 Å². The van der Waals surface area contributed by atoms with Gasteiger partial charge in [0.2, 0.25) is 0 Å². The highest BCUT2D eigenvalue weighted by atomic mass is 16.3. The van der Waals surface area contributed by atoms with Gasteiger partial charge in [-0.2, -0.15) is 0 Å². The minimum Gasteiger partial charge on any atom is -0.386 e. The number of aliphatic hydroxyl groups is 1. The van der Waals surface area contributed by atoms with Gasteiger partial charge in [0, 0.05) is 36.1 Å². The zero-order valence-corrected chi connectivity index (χ0v) is 16.3. The van der Waals surface area contributed by atoms with Crippen LogP contribution in [-0.2, 0) is 12.1 Å². The van der Waals surface area contributed by atoms with Crippen molar-refractivity contribution >= 4 is 23.4 Å². The molecule has 0 radical (unpaired) electrons. The van der Waals surface area contributed by atoms with E-state index in [-0.39, 0.29) is 0 Å². The minimum absolute atomic E-state index is 0.681. The maximum atomic E-state index is 10.2. The first kappa shape index (κ1) is 17.6. The SMILES string of the molecule is CC(C)(O)c1ccc(Nc2nc(-c3ccc4c(c3)CN=C4)cn3ccnc23)cc1. The van der Waals surface area contributed by atoms with Crippen molar-refractivity contribution in [2.45, 2.75) is 26.0 Å². The van der Waals surface area contributed by atoms with Gasteiger partial charge in [-0.25, -0.2) is 9.97 Å². The van der Waals surface area contributed by atoms with Crippen molar-refractivity contribution in [1.29, 1.82) is 0 Å². The van der Waals surface area contributed by atoms with Crippen molar-refractivity contribution in [3.8, 4) is 11.3 Å². The van der Waals surface area contributed by atoms with Crippen LogP contribution in [0.5, 0.6) is 0 Å². The predicted molar refractivity (Wildman–Crippen MR) is 115 cm³/mol. The molecule has 5 rings (SSSR count). The number of hydrogen-bond acceptors (Lipinski definition) is 5. The van der Waals surface area contributed by atoms with Crippen molar-refractivity contribution in [3.05, 3.63) is 77.7 Å². The number of fused-ring (bicyclic) bond motifs is 2. The van der Waals surface area contributed by atoms with E-state index in [1.54, 1.807) is 20.0 Å². The summed E-state index contributed by atoms with van der Waals surface area (Å²) in [6.45, 7) is 4.27. The summed E-state index contributed by atoms with van der Waals surface area (Å²) in [5.74, 6) is 0.681. The van der Waals surface area contributed by atoms with Gasteiger partial charge in [0.1, 0.15) is 0 Å². The lowest BCUT2D eigenvalue weighted by atomic mass is 9.98. The number of imidazole rings is 1. The monoisotopic (exact) mass is 383 g/mol. The Labute approximate surface area is 168 Å². The molecule has 0 fully saturated rings. The molecule has 0 saturated heterocycles. The van der Waals surface area contributed by atoms with Crippen LogP contribution < -0.4 is 5.32 Å². The highest BCUT2D eigenvalue weighted by Crippen LogP contribution is 2.28. The van der Waals surface area contributed by atoms with Crippen LogP contribution >= 0.6 is 0 Å². The number of aliphatic imine (C=N–C) groups is 1. The van der Waals surface area contributed by atoms with Gasteiger partial charge in [0.15, 0.2) is 11.5 Å². The second kappa shape index (κ2) is 6.53. The summed E-state index contributed by atoms with van der Waals surface area (Å²) in [7, 11) is 0. The van der Waals surface area contributed by atoms with Crippen molar-refractivity contribution < 1.29 is 5.11 Å². The lowest BCUT2D eigenvalue weighted by Crippen LogP contribution is -2.15. The maximum absolute atomic E-state index is 10.2. The normalized spacial score (nSPS) is 13.1. The molecule has 0 saturated carbocycles. The number of nitrogens with zero attached hydrogens (tertiary/aromatic N) is 4. The second-order valence-corrected chi connectivity index (χ2v) is 7.78. The van der Waals surface area contributed by atoms with Crippen molar-refractivity contribution in [2.24, 2.45) is 4.99 Å². The largest absolute Gasteiger partial charge is 0.386 e. The molecule has 0 bridgehead atoms. The molecule has 3 heterocycles. The van der Waals surface area contributed by atoms with Crippen LogP contribution in [-0.4, -0.2) is 25.7 Å². The third kappa shape index (κ3) is 3.28. The van der Waals surface area contributed by atoms with Crippen molar-refractivity contribution in [2.75, 3.05) is 5.32 Å². The van der Waals surface area contributed by atoms with Crippen LogP contribution in [0.15, 0.2) is 66.0 Å². The Kier molecular flexibility index (Phi) is 3.96. The highest BCUT2D eigenvalue weighted by molar-refractivity contribution is 5.86. The molecule has 0 aliphatic carbocycles. The molecule has 1 aliphatic rings. The zero-order valence-electron chi connectivity index (χ0n) is 16.3. The van der Waals surface area contributed by atoms with E-state index in [0.717, 1.165) is 34.7 Å². The van der Waals surface area contributed by atoms with Gasteiger partial charge in [-0.3, -0.25) is 4.99 Å². The lowest BCUT2D eigenvalue weighted by molar-refractivity contribution is 0.0786. The quantitative estimate of drug-likeness (QED) is 0.551. The average Bonchev–Trinajstić information content (AvgIpc) is 3.36. The molecule has 0 unspecified atom stereocenters. The summed E-state index contributed by atoms with van der Waals surface area (Å²) in [5, 5.41) is 13.5. The Hall–Kier alpha value is -3.51. The fourth-order valence-corrected chi connectivity index (χ4v) is 3.52. The molecule has 144 valence electrons. The Morgan fingerprint density at radius 2 is 1.93 bits per heavy atom. The molecule has 6 heteroatoms. The molecule has 2 N–H and O–H groups in total. The molecule has 2 aromatic heterocycles. The molecule has 29 heavy (non-hydrogen) atoms. The zero-order chi connectivity index (χ0) is 20.0. The summed E-state index contributed by atoms with van der Waals surface area (Å²) in [5.41, 5.74) is 5.92. The van der Waals surface area contributed by atoms with Crippen LogP contribution in [0.1, 0.15) is 30.5 Å². The van der Waals surface area contributed by atoms with Crippen molar-refractivity contribution in [1.82, 2.24) is 14.4 Å². The topological polar surface area (TPSA) is 74.8 Å². The van der Waals surface area contributed by atoms with Crippen LogP contribution in [0.4, 0.5) is 11.5 Å². The van der Waals surface area contributed by atoms with Gasteiger partial charge in [0.25, 0.3) is 0 Å². The number of nitrogens with one attached hydrogen (secondary N) is 1. The molecule has 4 aromatic rings. The second-order valence-electron chi connectivity index (χ2n) is 7.78. The molecule has 1 aliphatic heterocycles. The molecule has 6 nitrogen and oxygen atoms in total. The smallest absolute Gasteiger partial charge is 0.180 e. The summed E-state index contributed by atoms with van der Waals surface area (Å²) < 4.78 is 1.97. The van der Waals surface area contributed by atoms with E-state index in [1.165, 1.54) is 11.1 Å². The van der Waals surface area contributed by atoms with E-state index in [4.69, 9.17) is 4.98 Å². The Bertz CT molecular complexity index is 1230. The van der Waals surface area contributed by atoms with E-state index in [9.17, 15) is 5.11 Å². The number of hydrogen-bond donors (Lipinski definition) is 2. The third-order valence-electron chi connectivity index (χ3n) is 5.16. The fourth-order valence-electron chi connectivity index (χ4n) is 3.52. The van der Waals surface area contributed by atoms with Gasteiger partial charge in [0.05, 0.1) is 17.8 Å². The third-order valence-corrected chi connectivity index (χ3v) is 5.16. The Balaban J connectivity index is 1.53. The highest BCUT2D eigenvalue weighted by Gasteiger charge is 2.16. The molecule has 2 aromatic carbocycles. The van der Waals surface area contributed by atoms with Gasteiger partial charge >= 0.3 is 0 Å². The van der Waals surface area contributed by atoms with Crippen molar-refractivity contribution in [3.63, 3.8) is 0 Å². The van der Waals surface area contributed by atoms with Gasteiger partial charge < -0.3 is 14.8 Å². The first-order chi connectivity index (χ1) is 14.0. The van der Waals surface area contributed by atoms with E-state index in [2.05, 4.69) is 33.5 Å². The number of rotatable bonds is 4. The summed E-state index contributed by atoms with van der Waals surface area (Å²) in [4.78, 5) is 13.6. The summed E-state index contributed by atoms with van der Waals surface area (Å²) >= 11 is 0. The number of benzene rings is 2. The standard InChI is InChI=1S/C23H21N5O/c1-23(2,29)18-5-7-19(8-6-18)26-21-22-25-9-10-28(22)14-20(27-21)15-3-4-16-12-24-13-17(16)11-15/h3-12,14,29H,13H2,1-2H3,(H,26,27). The van der Waals surface area contributed by atoms with E-state index < -0.39 is 5.60 Å². The number of anilines is 2. The Morgan fingerprint density at radius 3 is 2.72 bits per heavy atom. The van der Waals surface area contributed by atoms with Gasteiger partial charge in [-0.1, -0.05) is 24.3 Å². The van der Waals surface area contributed by atoms with E-state index in [0.29, 0.717) is 5.82 Å². The predicted octanol–water partition coefficient (Wildman–Crippen LogP) is 4.30. The minimum atomic E-state index is -0.871. The van der Waals surface area contributed by atoms with Crippen LogP contribution in [0.3, 0.4) is 0 Å². The first-order valence-electron chi connectivity index (χ1n) is 9.54. The molecule has 0 amide bonds. The van der Waals surface area contributed by atoms with E-state index in [1.807, 2.05) is 47.3 Å². The Morgan fingerprint density at radius 1 is 1.10 bits per heavy atom. The van der Waals surface area contributed by atoms with E-state index >= 15 is 0 Å². The first-order valence-corrected chi connectivity index (χ1v) is 9.54. The lowest BCUT2D eigenvalue weighted by Gasteiger charge is -2.18. The summed E-state index contributed by atoms with van der Waals surface area (Å²) in [6, 6.07) is 14.0. The molecule has 0 atom stereocenters.